The predicted octanol–water partition coefficient (Wildman–Crippen LogP) is 2.73. The van der Waals surface area contributed by atoms with Crippen molar-refractivity contribution in [2.75, 3.05) is 6.61 Å². The second-order valence-corrected chi connectivity index (χ2v) is 4.52. The highest BCUT2D eigenvalue weighted by molar-refractivity contribution is 5.73. The van der Waals surface area contributed by atoms with E-state index in [1.807, 2.05) is 30.3 Å². The topological polar surface area (TPSA) is 61.8 Å². The summed E-state index contributed by atoms with van der Waals surface area (Å²) >= 11 is 0. The Morgan fingerprint density at radius 1 is 0.864 bits per heavy atom. The average Bonchev–Trinajstić information content (AvgIpc) is 2.50. The zero-order valence-electron chi connectivity index (χ0n) is 12.2. The van der Waals surface area contributed by atoms with Crippen LogP contribution in [0.15, 0.2) is 54.6 Å². The summed E-state index contributed by atoms with van der Waals surface area (Å²) in [5, 5.41) is 0. The van der Waals surface area contributed by atoms with E-state index < -0.39 is 11.9 Å². The highest BCUT2D eigenvalue weighted by atomic mass is 16.6. The van der Waals surface area contributed by atoms with Gasteiger partial charge in [0.15, 0.2) is 0 Å². The minimum atomic E-state index is -0.490. The van der Waals surface area contributed by atoms with E-state index in [0.29, 0.717) is 18.1 Å². The molecule has 22 heavy (non-hydrogen) atoms. The highest BCUT2D eigenvalue weighted by Gasteiger charge is 2.06. The number of ether oxygens (including phenoxy) is 3. The lowest BCUT2D eigenvalue weighted by Gasteiger charge is -2.06. The van der Waals surface area contributed by atoms with Crippen molar-refractivity contribution in [2.45, 2.75) is 13.5 Å². The van der Waals surface area contributed by atoms with E-state index in [1.165, 1.54) is 6.92 Å². The molecule has 0 aliphatic heterocycles. The number of rotatable bonds is 6. The Labute approximate surface area is 128 Å². The van der Waals surface area contributed by atoms with Crippen LogP contribution in [0.4, 0.5) is 0 Å². The van der Waals surface area contributed by atoms with Gasteiger partial charge in [0.25, 0.3) is 0 Å². The van der Waals surface area contributed by atoms with Crippen molar-refractivity contribution in [3.8, 4) is 11.5 Å². The fraction of sp³-hybridized carbons (Fsp3) is 0.176. The van der Waals surface area contributed by atoms with Crippen LogP contribution in [-0.4, -0.2) is 18.5 Å². The SMILES string of the molecule is CC(=O)Oc1ccc(OC(=O)COCc2ccccc2)cc1. The third-order valence-electron chi connectivity index (χ3n) is 2.65. The maximum Gasteiger partial charge on any atom is 0.337 e. The van der Waals surface area contributed by atoms with Crippen LogP contribution < -0.4 is 9.47 Å². The van der Waals surface area contributed by atoms with Crippen molar-refractivity contribution >= 4 is 11.9 Å². The molecule has 0 unspecified atom stereocenters. The fourth-order valence-corrected chi connectivity index (χ4v) is 1.73. The monoisotopic (exact) mass is 300 g/mol. The van der Waals surface area contributed by atoms with Gasteiger partial charge in [0.05, 0.1) is 6.61 Å². The second kappa shape index (κ2) is 7.95. The van der Waals surface area contributed by atoms with Gasteiger partial charge in [-0.25, -0.2) is 4.79 Å². The Bertz CT molecular complexity index is 619. The molecule has 5 heteroatoms. The summed E-state index contributed by atoms with van der Waals surface area (Å²) in [6, 6.07) is 15.8. The van der Waals surface area contributed by atoms with Crippen molar-refractivity contribution in [2.24, 2.45) is 0 Å². The van der Waals surface area contributed by atoms with Crippen LogP contribution in [0.25, 0.3) is 0 Å². The molecule has 0 amide bonds. The van der Waals surface area contributed by atoms with Crippen molar-refractivity contribution in [1.82, 2.24) is 0 Å². The molecular weight excluding hydrogens is 284 g/mol. The second-order valence-electron chi connectivity index (χ2n) is 4.52. The highest BCUT2D eigenvalue weighted by Crippen LogP contribution is 2.17. The van der Waals surface area contributed by atoms with Gasteiger partial charge in [-0.1, -0.05) is 30.3 Å². The first-order valence-electron chi connectivity index (χ1n) is 6.74. The van der Waals surface area contributed by atoms with Gasteiger partial charge < -0.3 is 14.2 Å². The molecule has 2 rings (SSSR count). The van der Waals surface area contributed by atoms with Crippen LogP contribution >= 0.6 is 0 Å². The molecule has 0 bridgehead atoms. The largest absolute Gasteiger partial charge is 0.427 e. The lowest BCUT2D eigenvalue weighted by Crippen LogP contribution is -2.15. The zero-order chi connectivity index (χ0) is 15.8. The normalized spacial score (nSPS) is 10.0. The van der Waals surface area contributed by atoms with E-state index in [0.717, 1.165) is 5.56 Å². The molecule has 0 aromatic heterocycles. The molecule has 2 aromatic carbocycles. The van der Waals surface area contributed by atoms with E-state index in [1.54, 1.807) is 24.3 Å². The summed E-state index contributed by atoms with van der Waals surface area (Å²) in [6.07, 6.45) is 0. The molecule has 5 nitrogen and oxygen atoms in total. The van der Waals surface area contributed by atoms with Crippen molar-refractivity contribution in [3.05, 3.63) is 60.2 Å². The van der Waals surface area contributed by atoms with Gasteiger partial charge in [-0.3, -0.25) is 4.79 Å². The van der Waals surface area contributed by atoms with Gasteiger partial charge >= 0.3 is 11.9 Å². The molecular formula is C17H16O5. The number of benzene rings is 2. The number of hydrogen-bond donors (Lipinski definition) is 0. The third-order valence-corrected chi connectivity index (χ3v) is 2.65. The molecule has 0 saturated carbocycles. The molecule has 0 N–H and O–H groups in total. The van der Waals surface area contributed by atoms with Crippen LogP contribution in [0.3, 0.4) is 0 Å². The zero-order valence-corrected chi connectivity index (χ0v) is 12.2. The minimum absolute atomic E-state index is 0.138. The molecule has 0 fully saturated rings. The molecule has 0 aliphatic rings. The Hall–Kier alpha value is -2.66. The van der Waals surface area contributed by atoms with E-state index in [-0.39, 0.29) is 6.61 Å². The summed E-state index contributed by atoms with van der Waals surface area (Å²) in [5.41, 5.74) is 0.987. The number of esters is 2. The maximum atomic E-state index is 11.6. The molecule has 114 valence electrons. The quantitative estimate of drug-likeness (QED) is 0.606. The lowest BCUT2D eigenvalue weighted by molar-refractivity contribution is -0.140. The molecule has 0 radical (unpaired) electrons. The molecule has 0 heterocycles. The smallest absolute Gasteiger partial charge is 0.337 e. The van der Waals surface area contributed by atoms with Crippen LogP contribution in [0, 0.1) is 0 Å². The van der Waals surface area contributed by atoms with Gasteiger partial charge in [0.1, 0.15) is 18.1 Å². The van der Waals surface area contributed by atoms with Gasteiger partial charge in [0.2, 0.25) is 0 Å². The molecule has 2 aromatic rings. The summed E-state index contributed by atoms with van der Waals surface area (Å²) in [4.78, 5) is 22.4. The lowest BCUT2D eigenvalue weighted by atomic mass is 10.2. The number of hydrogen-bond acceptors (Lipinski definition) is 5. The van der Waals surface area contributed by atoms with Gasteiger partial charge in [-0.2, -0.15) is 0 Å². The van der Waals surface area contributed by atoms with Crippen molar-refractivity contribution < 1.29 is 23.8 Å². The Morgan fingerprint density at radius 3 is 2.05 bits per heavy atom. The van der Waals surface area contributed by atoms with E-state index in [9.17, 15) is 9.59 Å². The van der Waals surface area contributed by atoms with E-state index in [4.69, 9.17) is 14.2 Å². The average molecular weight is 300 g/mol. The first kappa shape index (κ1) is 15.7. The van der Waals surface area contributed by atoms with Crippen LogP contribution in [0.5, 0.6) is 11.5 Å². The molecule has 0 saturated heterocycles. The van der Waals surface area contributed by atoms with Crippen molar-refractivity contribution in [3.63, 3.8) is 0 Å². The first-order chi connectivity index (χ1) is 10.6. The van der Waals surface area contributed by atoms with Crippen LogP contribution in [-0.2, 0) is 20.9 Å². The first-order valence-corrected chi connectivity index (χ1v) is 6.74. The van der Waals surface area contributed by atoms with E-state index >= 15 is 0 Å². The third kappa shape index (κ3) is 5.38. The summed E-state index contributed by atoms with van der Waals surface area (Å²) in [7, 11) is 0. The number of carbonyl (C=O) groups is 2. The van der Waals surface area contributed by atoms with Crippen molar-refractivity contribution in [1.29, 1.82) is 0 Å². The summed E-state index contributed by atoms with van der Waals surface area (Å²) in [6.45, 7) is 1.53. The Kier molecular flexibility index (Phi) is 5.68. The summed E-state index contributed by atoms with van der Waals surface area (Å²) < 4.78 is 15.3. The van der Waals surface area contributed by atoms with E-state index in [2.05, 4.69) is 0 Å². The minimum Gasteiger partial charge on any atom is -0.427 e. The molecule has 0 aliphatic carbocycles. The Balaban J connectivity index is 1.75. The van der Waals surface area contributed by atoms with Gasteiger partial charge in [-0.15, -0.1) is 0 Å². The Morgan fingerprint density at radius 2 is 1.45 bits per heavy atom. The van der Waals surface area contributed by atoms with Gasteiger partial charge in [0, 0.05) is 6.92 Å². The van der Waals surface area contributed by atoms with Crippen LogP contribution in [0.1, 0.15) is 12.5 Å². The standard InChI is InChI=1S/C17H16O5/c1-13(18)21-15-7-9-16(10-8-15)22-17(19)12-20-11-14-5-3-2-4-6-14/h2-10H,11-12H2,1H3. The maximum absolute atomic E-state index is 11.6. The van der Waals surface area contributed by atoms with Gasteiger partial charge in [-0.05, 0) is 29.8 Å². The number of carbonyl (C=O) groups excluding carboxylic acids is 2. The molecule has 0 atom stereocenters. The molecule has 0 spiro atoms. The van der Waals surface area contributed by atoms with Crippen LogP contribution in [0.2, 0.25) is 0 Å². The fourth-order valence-electron chi connectivity index (χ4n) is 1.73. The predicted molar refractivity (Wildman–Crippen MR) is 79.5 cm³/mol. The summed E-state index contributed by atoms with van der Waals surface area (Å²) in [5.74, 6) is -0.132.